The van der Waals surface area contributed by atoms with Crippen molar-refractivity contribution in [2.45, 2.75) is 50.5 Å². The first-order valence-electron chi connectivity index (χ1n) is 6.83. The number of carboxylic acids is 1. The van der Waals surface area contributed by atoms with E-state index in [9.17, 15) is 9.90 Å². The third kappa shape index (κ3) is 3.28. The van der Waals surface area contributed by atoms with E-state index >= 15 is 0 Å². The SMILES string of the molecule is CC1CN(c2nc(C(C)(C)C)c(C(=O)O)s2)CC(C)S1. The number of thioether (sulfide) groups is 1. The van der Waals surface area contributed by atoms with Gasteiger partial charge in [-0.1, -0.05) is 46.0 Å². The van der Waals surface area contributed by atoms with Gasteiger partial charge in [-0.05, 0) is 0 Å². The lowest BCUT2D eigenvalue weighted by molar-refractivity contribution is 0.0699. The Hall–Kier alpha value is -0.750. The summed E-state index contributed by atoms with van der Waals surface area (Å²) in [5.74, 6) is -0.869. The summed E-state index contributed by atoms with van der Waals surface area (Å²) in [6.07, 6.45) is 0. The molecular weight excluding hydrogens is 292 g/mol. The van der Waals surface area contributed by atoms with Crippen molar-refractivity contribution >= 4 is 34.2 Å². The number of aromatic carboxylic acids is 1. The predicted molar refractivity (Wildman–Crippen MR) is 86.5 cm³/mol. The van der Waals surface area contributed by atoms with E-state index in [1.165, 1.54) is 11.3 Å². The molecule has 2 atom stereocenters. The van der Waals surface area contributed by atoms with Gasteiger partial charge in [0, 0.05) is 29.0 Å². The van der Waals surface area contributed by atoms with Crippen LogP contribution in [-0.2, 0) is 5.41 Å². The third-order valence-electron chi connectivity index (χ3n) is 3.21. The first-order valence-corrected chi connectivity index (χ1v) is 8.59. The minimum absolute atomic E-state index is 0.246. The Kier molecular flexibility index (Phi) is 4.35. The van der Waals surface area contributed by atoms with Crippen molar-refractivity contribution in [3.8, 4) is 0 Å². The number of hydrogen-bond donors (Lipinski definition) is 1. The van der Waals surface area contributed by atoms with Crippen LogP contribution in [0.1, 0.15) is 50.0 Å². The number of anilines is 1. The smallest absolute Gasteiger partial charge is 0.347 e. The molecule has 1 fully saturated rings. The lowest BCUT2D eigenvalue weighted by Crippen LogP contribution is -2.40. The van der Waals surface area contributed by atoms with E-state index in [0.29, 0.717) is 21.1 Å². The van der Waals surface area contributed by atoms with E-state index in [1.54, 1.807) is 0 Å². The van der Waals surface area contributed by atoms with Gasteiger partial charge in [-0.2, -0.15) is 11.8 Å². The zero-order valence-electron chi connectivity index (χ0n) is 12.6. The van der Waals surface area contributed by atoms with Gasteiger partial charge in [0.25, 0.3) is 0 Å². The van der Waals surface area contributed by atoms with Gasteiger partial charge in [-0.25, -0.2) is 9.78 Å². The first kappa shape index (κ1) is 15.6. The van der Waals surface area contributed by atoms with Crippen LogP contribution < -0.4 is 4.90 Å². The summed E-state index contributed by atoms with van der Waals surface area (Å²) in [5.41, 5.74) is 0.452. The van der Waals surface area contributed by atoms with Crippen molar-refractivity contribution in [1.29, 1.82) is 0 Å². The van der Waals surface area contributed by atoms with Gasteiger partial charge in [0.15, 0.2) is 5.13 Å². The second-order valence-corrected chi connectivity index (χ2v) is 9.25. The normalized spacial score (nSPS) is 23.9. The standard InChI is InChI=1S/C14H22N2O2S2/c1-8-6-16(7-9(2)19-8)13-15-11(14(3,4)5)10(20-13)12(17)18/h8-9H,6-7H2,1-5H3,(H,17,18). The lowest BCUT2D eigenvalue weighted by Gasteiger charge is -2.34. The van der Waals surface area contributed by atoms with E-state index in [4.69, 9.17) is 0 Å². The number of aromatic nitrogens is 1. The molecule has 0 aromatic carbocycles. The summed E-state index contributed by atoms with van der Waals surface area (Å²) in [4.78, 5) is 18.7. The van der Waals surface area contributed by atoms with Gasteiger partial charge in [0.2, 0.25) is 0 Å². The van der Waals surface area contributed by atoms with Crippen LogP contribution in [0.5, 0.6) is 0 Å². The zero-order chi connectivity index (χ0) is 15.1. The van der Waals surface area contributed by atoms with Crippen LogP contribution in [0.3, 0.4) is 0 Å². The fourth-order valence-electron chi connectivity index (χ4n) is 2.43. The van der Waals surface area contributed by atoms with E-state index in [2.05, 4.69) is 23.7 Å². The minimum Gasteiger partial charge on any atom is -0.477 e. The quantitative estimate of drug-likeness (QED) is 0.906. The van der Waals surface area contributed by atoms with E-state index in [0.717, 1.165) is 18.2 Å². The molecule has 20 heavy (non-hydrogen) atoms. The lowest BCUT2D eigenvalue weighted by atomic mass is 9.91. The van der Waals surface area contributed by atoms with Crippen molar-refractivity contribution in [3.05, 3.63) is 10.6 Å². The molecule has 1 aliphatic rings. The van der Waals surface area contributed by atoms with Crippen molar-refractivity contribution in [2.24, 2.45) is 0 Å². The maximum atomic E-state index is 11.4. The molecule has 2 heterocycles. The van der Waals surface area contributed by atoms with Gasteiger partial charge in [0.05, 0.1) is 5.69 Å². The molecule has 1 N–H and O–H groups in total. The molecular formula is C14H22N2O2S2. The van der Waals surface area contributed by atoms with E-state index < -0.39 is 5.97 Å². The zero-order valence-corrected chi connectivity index (χ0v) is 14.3. The van der Waals surface area contributed by atoms with E-state index in [1.807, 2.05) is 32.5 Å². The molecule has 0 radical (unpaired) electrons. The van der Waals surface area contributed by atoms with Gasteiger partial charge in [0.1, 0.15) is 4.88 Å². The molecule has 4 nitrogen and oxygen atoms in total. The van der Waals surface area contributed by atoms with Gasteiger partial charge in [-0.3, -0.25) is 0 Å². The third-order valence-corrected chi connectivity index (χ3v) is 5.54. The summed E-state index contributed by atoms with van der Waals surface area (Å²) in [6.45, 7) is 12.3. The molecule has 0 bridgehead atoms. The van der Waals surface area contributed by atoms with E-state index in [-0.39, 0.29) is 5.41 Å². The van der Waals surface area contributed by atoms with Crippen LogP contribution in [0.2, 0.25) is 0 Å². The second-order valence-electron chi connectivity index (χ2n) is 6.39. The highest BCUT2D eigenvalue weighted by Gasteiger charge is 2.30. The van der Waals surface area contributed by atoms with Crippen LogP contribution in [-0.4, -0.2) is 39.6 Å². The average Bonchev–Trinajstić information content (AvgIpc) is 2.71. The molecule has 0 aliphatic carbocycles. The molecule has 112 valence electrons. The molecule has 1 saturated heterocycles. The predicted octanol–water partition coefficient (Wildman–Crippen LogP) is 3.47. The van der Waals surface area contributed by atoms with Crippen LogP contribution >= 0.6 is 23.1 Å². The Morgan fingerprint density at radius 1 is 1.30 bits per heavy atom. The van der Waals surface area contributed by atoms with Crippen LogP contribution in [0, 0.1) is 0 Å². The van der Waals surface area contributed by atoms with Gasteiger partial charge in [-0.15, -0.1) is 0 Å². The Balaban J connectivity index is 2.36. The van der Waals surface area contributed by atoms with Crippen molar-refractivity contribution in [1.82, 2.24) is 4.98 Å². The van der Waals surface area contributed by atoms with Crippen LogP contribution in [0.15, 0.2) is 0 Å². The molecule has 2 unspecified atom stereocenters. The number of nitrogens with zero attached hydrogens (tertiary/aromatic N) is 2. The molecule has 0 spiro atoms. The fraction of sp³-hybridized carbons (Fsp3) is 0.714. The minimum atomic E-state index is -0.869. The number of carboxylic acid groups (broad SMARTS) is 1. The molecule has 1 aromatic heterocycles. The summed E-state index contributed by atoms with van der Waals surface area (Å²) in [6, 6.07) is 0. The Morgan fingerprint density at radius 3 is 2.25 bits per heavy atom. The highest BCUT2D eigenvalue weighted by molar-refractivity contribution is 8.00. The van der Waals surface area contributed by atoms with Crippen LogP contribution in [0.4, 0.5) is 5.13 Å². The summed E-state index contributed by atoms with van der Waals surface area (Å²) < 4.78 is 0. The molecule has 0 saturated carbocycles. The molecule has 0 amide bonds. The Bertz CT molecular complexity index is 498. The topological polar surface area (TPSA) is 53.4 Å². The highest BCUT2D eigenvalue weighted by Crippen LogP contribution is 2.36. The number of hydrogen-bond acceptors (Lipinski definition) is 5. The molecule has 6 heteroatoms. The van der Waals surface area contributed by atoms with Crippen LogP contribution in [0.25, 0.3) is 0 Å². The summed E-state index contributed by atoms with van der Waals surface area (Å²) in [7, 11) is 0. The number of thiazole rings is 1. The monoisotopic (exact) mass is 314 g/mol. The maximum absolute atomic E-state index is 11.4. The summed E-state index contributed by atoms with van der Waals surface area (Å²) >= 11 is 3.29. The largest absolute Gasteiger partial charge is 0.477 e. The average molecular weight is 314 g/mol. The number of carbonyl (C=O) groups is 1. The van der Waals surface area contributed by atoms with Crippen molar-refractivity contribution < 1.29 is 9.90 Å². The first-order chi connectivity index (χ1) is 9.18. The number of rotatable bonds is 2. The van der Waals surface area contributed by atoms with Crippen molar-refractivity contribution in [2.75, 3.05) is 18.0 Å². The Labute approximate surface area is 128 Å². The second kappa shape index (κ2) is 5.56. The maximum Gasteiger partial charge on any atom is 0.347 e. The fourth-order valence-corrected chi connectivity index (χ4v) is 4.89. The molecule has 1 aromatic rings. The molecule has 1 aliphatic heterocycles. The van der Waals surface area contributed by atoms with Gasteiger partial charge >= 0.3 is 5.97 Å². The Morgan fingerprint density at radius 2 is 1.85 bits per heavy atom. The molecule has 2 rings (SSSR count). The van der Waals surface area contributed by atoms with Gasteiger partial charge < -0.3 is 10.0 Å². The highest BCUT2D eigenvalue weighted by atomic mass is 32.2. The summed E-state index contributed by atoms with van der Waals surface area (Å²) in [5, 5.41) is 11.3. The van der Waals surface area contributed by atoms with Crippen molar-refractivity contribution in [3.63, 3.8) is 0 Å².